The van der Waals surface area contributed by atoms with Gasteiger partial charge in [-0.05, 0) is 66.9 Å². The number of hydrogen-bond donors (Lipinski definition) is 1. The standard InChI is InChI=1S/C17H18BrF2N/c1-3-6-21-17(12-7-13(18)9-15(20)8-12)16-10-14(19)5-4-11(16)2/h4-5,7-10,17,21H,3,6H2,1-2H3. The Kier molecular flexibility index (Phi) is 5.48. The normalized spacial score (nSPS) is 12.4. The number of nitrogens with one attached hydrogen (secondary N) is 1. The molecule has 2 aromatic carbocycles. The molecule has 1 atom stereocenters. The molecule has 21 heavy (non-hydrogen) atoms. The van der Waals surface area contributed by atoms with Gasteiger partial charge in [0.25, 0.3) is 0 Å². The van der Waals surface area contributed by atoms with Gasteiger partial charge in [-0.15, -0.1) is 0 Å². The highest BCUT2D eigenvalue weighted by molar-refractivity contribution is 9.10. The Bertz CT molecular complexity index is 608. The van der Waals surface area contributed by atoms with Crippen LogP contribution in [0, 0.1) is 18.6 Å². The van der Waals surface area contributed by atoms with Crippen molar-refractivity contribution >= 4 is 15.9 Å². The summed E-state index contributed by atoms with van der Waals surface area (Å²) in [6.45, 7) is 4.77. The van der Waals surface area contributed by atoms with Crippen molar-refractivity contribution in [2.24, 2.45) is 0 Å². The van der Waals surface area contributed by atoms with Crippen molar-refractivity contribution in [2.75, 3.05) is 6.54 Å². The summed E-state index contributed by atoms with van der Waals surface area (Å²) in [4.78, 5) is 0. The second-order valence-corrected chi connectivity index (χ2v) is 6.01. The van der Waals surface area contributed by atoms with E-state index >= 15 is 0 Å². The third kappa shape index (κ3) is 4.11. The molecule has 1 N–H and O–H groups in total. The Balaban J connectivity index is 2.49. The molecule has 2 aromatic rings. The van der Waals surface area contributed by atoms with Gasteiger partial charge in [0.05, 0.1) is 6.04 Å². The zero-order valence-corrected chi connectivity index (χ0v) is 13.7. The lowest BCUT2D eigenvalue weighted by atomic mass is 9.94. The Morgan fingerprint density at radius 3 is 2.52 bits per heavy atom. The van der Waals surface area contributed by atoms with E-state index in [0.29, 0.717) is 4.47 Å². The van der Waals surface area contributed by atoms with Gasteiger partial charge in [0.15, 0.2) is 0 Å². The first kappa shape index (κ1) is 16.1. The van der Waals surface area contributed by atoms with Crippen LogP contribution in [0.4, 0.5) is 8.78 Å². The van der Waals surface area contributed by atoms with Gasteiger partial charge in [-0.25, -0.2) is 8.78 Å². The Labute approximate surface area is 132 Å². The molecule has 1 nitrogen and oxygen atoms in total. The Morgan fingerprint density at radius 1 is 1.10 bits per heavy atom. The van der Waals surface area contributed by atoms with Crippen LogP contribution in [0.5, 0.6) is 0 Å². The zero-order chi connectivity index (χ0) is 15.4. The molecular formula is C17H18BrF2N. The summed E-state index contributed by atoms with van der Waals surface area (Å²) in [6, 6.07) is 9.24. The summed E-state index contributed by atoms with van der Waals surface area (Å²) < 4.78 is 27.9. The molecule has 0 aromatic heterocycles. The molecule has 0 bridgehead atoms. The lowest BCUT2D eigenvalue weighted by molar-refractivity contribution is 0.574. The highest BCUT2D eigenvalue weighted by atomic mass is 79.9. The van der Waals surface area contributed by atoms with Crippen LogP contribution in [0.25, 0.3) is 0 Å². The van der Waals surface area contributed by atoms with E-state index in [1.54, 1.807) is 6.07 Å². The predicted octanol–water partition coefficient (Wildman–Crippen LogP) is 5.12. The molecule has 1 unspecified atom stereocenters. The second-order valence-electron chi connectivity index (χ2n) is 5.09. The number of aryl methyl sites for hydroxylation is 1. The van der Waals surface area contributed by atoms with Crippen LogP contribution in [0.2, 0.25) is 0 Å². The number of hydrogen-bond acceptors (Lipinski definition) is 1. The van der Waals surface area contributed by atoms with E-state index in [1.807, 2.05) is 13.0 Å². The quantitative estimate of drug-likeness (QED) is 0.785. The molecule has 0 aliphatic rings. The van der Waals surface area contributed by atoms with E-state index in [4.69, 9.17) is 0 Å². The van der Waals surface area contributed by atoms with Crippen molar-refractivity contribution < 1.29 is 8.78 Å². The topological polar surface area (TPSA) is 12.0 Å². The maximum Gasteiger partial charge on any atom is 0.124 e. The fourth-order valence-electron chi connectivity index (χ4n) is 2.36. The van der Waals surface area contributed by atoms with Crippen LogP contribution < -0.4 is 5.32 Å². The first-order chi connectivity index (χ1) is 10.0. The third-order valence-electron chi connectivity index (χ3n) is 3.37. The molecule has 4 heteroatoms. The van der Waals surface area contributed by atoms with Crippen molar-refractivity contribution in [3.63, 3.8) is 0 Å². The maximum absolute atomic E-state index is 13.7. The first-order valence-electron chi connectivity index (χ1n) is 6.96. The van der Waals surface area contributed by atoms with Gasteiger partial charge in [-0.3, -0.25) is 0 Å². The Hall–Kier alpha value is -1.26. The van der Waals surface area contributed by atoms with Crippen molar-refractivity contribution in [1.29, 1.82) is 0 Å². The molecule has 0 fully saturated rings. The average molecular weight is 354 g/mol. The third-order valence-corrected chi connectivity index (χ3v) is 3.83. The molecule has 0 radical (unpaired) electrons. The minimum atomic E-state index is -0.309. The SMILES string of the molecule is CCCNC(c1cc(F)cc(Br)c1)c1cc(F)ccc1C. The fourth-order valence-corrected chi connectivity index (χ4v) is 2.84. The molecule has 2 rings (SSSR count). The van der Waals surface area contributed by atoms with Crippen molar-refractivity contribution in [3.8, 4) is 0 Å². The van der Waals surface area contributed by atoms with Crippen LogP contribution in [-0.2, 0) is 0 Å². The molecule has 0 amide bonds. The Morgan fingerprint density at radius 2 is 1.86 bits per heavy atom. The van der Waals surface area contributed by atoms with Gasteiger partial charge >= 0.3 is 0 Å². The number of rotatable bonds is 5. The van der Waals surface area contributed by atoms with Crippen LogP contribution in [-0.4, -0.2) is 6.54 Å². The average Bonchev–Trinajstić information content (AvgIpc) is 2.42. The summed E-state index contributed by atoms with van der Waals surface area (Å²) >= 11 is 3.31. The van der Waals surface area contributed by atoms with E-state index in [2.05, 4.69) is 28.2 Å². The predicted molar refractivity (Wildman–Crippen MR) is 85.4 cm³/mol. The van der Waals surface area contributed by atoms with E-state index < -0.39 is 0 Å². The first-order valence-corrected chi connectivity index (χ1v) is 7.76. The van der Waals surface area contributed by atoms with Crippen LogP contribution in [0.1, 0.15) is 36.1 Å². The van der Waals surface area contributed by atoms with Gasteiger partial charge in [0, 0.05) is 4.47 Å². The van der Waals surface area contributed by atoms with E-state index in [9.17, 15) is 8.78 Å². The lowest BCUT2D eigenvalue weighted by Crippen LogP contribution is -2.24. The minimum absolute atomic E-state index is 0.229. The largest absolute Gasteiger partial charge is 0.306 e. The summed E-state index contributed by atoms with van der Waals surface area (Å²) in [7, 11) is 0. The van der Waals surface area contributed by atoms with Crippen LogP contribution >= 0.6 is 15.9 Å². The van der Waals surface area contributed by atoms with Crippen LogP contribution in [0.3, 0.4) is 0 Å². The highest BCUT2D eigenvalue weighted by Gasteiger charge is 2.17. The van der Waals surface area contributed by atoms with Gasteiger partial charge in [-0.1, -0.05) is 28.9 Å². The molecule has 0 spiro atoms. The summed E-state index contributed by atoms with van der Waals surface area (Å²) in [5, 5.41) is 3.37. The molecule has 112 valence electrons. The fraction of sp³-hybridized carbons (Fsp3) is 0.294. The smallest absolute Gasteiger partial charge is 0.124 e. The highest BCUT2D eigenvalue weighted by Crippen LogP contribution is 2.28. The van der Waals surface area contributed by atoms with Crippen molar-refractivity contribution in [1.82, 2.24) is 5.32 Å². The second kappa shape index (κ2) is 7.14. The molecule has 0 aliphatic carbocycles. The number of halogens is 3. The molecule has 0 saturated heterocycles. The molecular weight excluding hydrogens is 336 g/mol. The lowest BCUT2D eigenvalue weighted by Gasteiger charge is -2.22. The molecule has 0 aliphatic heterocycles. The van der Waals surface area contributed by atoms with Gasteiger partial charge in [0.2, 0.25) is 0 Å². The van der Waals surface area contributed by atoms with E-state index in [0.717, 1.165) is 29.7 Å². The molecule has 0 heterocycles. The van der Waals surface area contributed by atoms with Crippen molar-refractivity contribution in [2.45, 2.75) is 26.3 Å². The minimum Gasteiger partial charge on any atom is -0.306 e. The van der Waals surface area contributed by atoms with E-state index in [1.165, 1.54) is 24.3 Å². The maximum atomic E-state index is 13.7. The number of benzene rings is 2. The zero-order valence-electron chi connectivity index (χ0n) is 12.1. The molecule has 0 saturated carbocycles. The summed E-state index contributed by atoms with van der Waals surface area (Å²) in [5.41, 5.74) is 2.59. The summed E-state index contributed by atoms with van der Waals surface area (Å²) in [5.74, 6) is -0.592. The van der Waals surface area contributed by atoms with Gasteiger partial charge < -0.3 is 5.32 Å². The van der Waals surface area contributed by atoms with Crippen LogP contribution in [0.15, 0.2) is 40.9 Å². The van der Waals surface area contributed by atoms with Crippen molar-refractivity contribution in [3.05, 3.63) is 69.2 Å². The monoisotopic (exact) mass is 353 g/mol. The van der Waals surface area contributed by atoms with Gasteiger partial charge in [-0.2, -0.15) is 0 Å². The van der Waals surface area contributed by atoms with Gasteiger partial charge in [0.1, 0.15) is 11.6 Å². The summed E-state index contributed by atoms with van der Waals surface area (Å²) in [6.07, 6.45) is 0.946. The van der Waals surface area contributed by atoms with E-state index in [-0.39, 0.29) is 17.7 Å².